The number of piperidine rings is 1. The summed E-state index contributed by atoms with van der Waals surface area (Å²) in [5, 5.41) is 0. The van der Waals surface area contributed by atoms with Crippen LogP contribution in [0, 0.1) is 0 Å². The number of carbonyl (C=O) groups excluding carboxylic acids is 3. The van der Waals surface area contributed by atoms with Crippen LogP contribution in [0.1, 0.15) is 31.2 Å². The van der Waals surface area contributed by atoms with E-state index in [4.69, 9.17) is 4.74 Å². The molecule has 0 unspecified atom stereocenters. The highest BCUT2D eigenvalue weighted by atomic mass is 16.6. The van der Waals surface area contributed by atoms with Gasteiger partial charge >= 0.3 is 6.09 Å². The molecule has 7 nitrogen and oxygen atoms in total. The first kappa shape index (κ1) is 18.8. The Kier molecular flexibility index (Phi) is 5.24. The number of hydrogen-bond donors (Lipinski definition) is 0. The lowest BCUT2D eigenvalue weighted by molar-refractivity contribution is -0.140. The van der Waals surface area contributed by atoms with Crippen molar-refractivity contribution in [3.63, 3.8) is 0 Å². The van der Waals surface area contributed by atoms with E-state index in [2.05, 4.69) is 12.1 Å². The van der Waals surface area contributed by atoms with Gasteiger partial charge in [-0.1, -0.05) is 30.3 Å². The molecule has 1 aromatic carbocycles. The molecule has 3 saturated heterocycles. The lowest BCUT2D eigenvalue weighted by Gasteiger charge is -2.38. The number of amides is 3. The minimum absolute atomic E-state index is 0.00430. The zero-order chi connectivity index (χ0) is 19.6. The first-order chi connectivity index (χ1) is 13.5. The smallest absolute Gasteiger partial charge is 0.410 e. The zero-order valence-corrected chi connectivity index (χ0v) is 16.1. The zero-order valence-electron chi connectivity index (χ0n) is 16.1. The molecular weight excluding hydrogens is 358 g/mol. The lowest BCUT2D eigenvalue weighted by atomic mass is 9.91. The maximum atomic E-state index is 12.5. The summed E-state index contributed by atoms with van der Waals surface area (Å²) < 4.78 is 5.75. The van der Waals surface area contributed by atoms with Crippen molar-refractivity contribution in [2.45, 2.75) is 37.7 Å². The summed E-state index contributed by atoms with van der Waals surface area (Å²) in [6.07, 6.45) is 3.24. The van der Waals surface area contributed by atoms with Crippen LogP contribution < -0.4 is 0 Å². The third-order valence-electron chi connectivity index (χ3n) is 6.08. The maximum Gasteiger partial charge on any atom is 0.410 e. The normalized spacial score (nSPS) is 21.5. The number of ether oxygens (including phenoxy) is 1. The Morgan fingerprint density at radius 1 is 1.04 bits per heavy atom. The van der Waals surface area contributed by atoms with Gasteiger partial charge in [0.15, 0.2) is 0 Å². The van der Waals surface area contributed by atoms with Crippen LogP contribution in [0.5, 0.6) is 0 Å². The van der Waals surface area contributed by atoms with Gasteiger partial charge in [-0.25, -0.2) is 4.79 Å². The lowest BCUT2D eigenvalue weighted by Crippen LogP contribution is -2.51. The van der Waals surface area contributed by atoms with Crippen LogP contribution in [0.25, 0.3) is 0 Å². The highest BCUT2D eigenvalue weighted by Gasteiger charge is 2.47. The Bertz CT molecular complexity index is 743. The van der Waals surface area contributed by atoms with E-state index in [1.54, 1.807) is 14.7 Å². The van der Waals surface area contributed by atoms with Crippen molar-refractivity contribution in [1.29, 1.82) is 0 Å². The Labute approximate surface area is 165 Å². The summed E-state index contributed by atoms with van der Waals surface area (Å²) in [5.41, 5.74) is 0.724. The largest absolute Gasteiger partial charge is 0.441 e. The number of carbonyl (C=O) groups is 3. The fourth-order valence-electron chi connectivity index (χ4n) is 4.33. The molecule has 1 spiro atoms. The molecule has 3 amide bonds. The molecule has 28 heavy (non-hydrogen) atoms. The van der Waals surface area contributed by atoms with Gasteiger partial charge in [0.2, 0.25) is 11.8 Å². The van der Waals surface area contributed by atoms with E-state index >= 15 is 0 Å². The van der Waals surface area contributed by atoms with Crippen LogP contribution in [-0.4, -0.2) is 77.5 Å². The summed E-state index contributed by atoms with van der Waals surface area (Å²) in [7, 11) is 0. The van der Waals surface area contributed by atoms with Gasteiger partial charge in [-0.3, -0.25) is 9.59 Å². The highest BCUT2D eigenvalue weighted by molar-refractivity contribution is 5.86. The van der Waals surface area contributed by atoms with Crippen LogP contribution in [0.15, 0.2) is 30.3 Å². The Hall–Kier alpha value is -2.57. The molecule has 0 aliphatic carbocycles. The summed E-state index contributed by atoms with van der Waals surface area (Å²) in [6, 6.07) is 10.1. The number of rotatable bonds is 5. The summed E-state index contributed by atoms with van der Waals surface area (Å²) >= 11 is 0. The first-order valence-corrected chi connectivity index (χ1v) is 10.1. The highest BCUT2D eigenvalue weighted by Crippen LogP contribution is 2.33. The molecule has 0 atom stereocenters. The minimum Gasteiger partial charge on any atom is -0.441 e. The van der Waals surface area contributed by atoms with Crippen LogP contribution in [0.4, 0.5) is 4.79 Å². The number of nitrogens with zero attached hydrogens (tertiary/aromatic N) is 3. The molecule has 3 aliphatic rings. The molecule has 0 saturated carbocycles. The summed E-state index contributed by atoms with van der Waals surface area (Å²) in [6.45, 7) is 3.22. The number of benzene rings is 1. The standard InChI is InChI=1S/C21H27N3O4/c25-18-7-4-11-23(18)15-19(26)22-13-9-21(10-14-22)16-24(20(27)28-21)12-8-17-5-2-1-3-6-17/h1-3,5-6H,4,7-16H2. The van der Waals surface area contributed by atoms with Crippen LogP contribution in [0.3, 0.4) is 0 Å². The van der Waals surface area contributed by atoms with Crippen molar-refractivity contribution >= 4 is 17.9 Å². The van der Waals surface area contributed by atoms with Gasteiger partial charge in [-0.05, 0) is 18.4 Å². The number of likely N-dealkylation sites (tertiary alicyclic amines) is 2. The molecule has 4 rings (SSSR count). The van der Waals surface area contributed by atoms with Crippen LogP contribution in [0.2, 0.25) is 0 Å². The molecule has 3 fully saturated rings. The van der Waals surface area contributed by atoms with E-state index in [1.165, 1.54) is 5.56 Å². The number of hydrogen-bond acceptors (Lipinski definition) is 4. The third-order valence-corrected chi connectivity index (χ3v) is 6.08. The molecule has 0 aromatic heterocycles. The van der Waals surface area contributed by atoms with E-state index in [1.807, 2.05) is 18.2 Å². The topological polar surface area (TPSA) is 70.2 Å². The van der Waals surface area contributed by atoms with Crippen molar-refractivity contribution in [2.75, 3.05) is 39.3 Å². The average Bonchev–Trinajstić information content (AvgIpc) is 3.24. The van der Waals surface area contributed by atoms with Crippen molar-refractivity contribution in [2.24, 2.45) is 0 Å². The van der Waals surface area contributed by atoms with Gasteiger partial charge in [0.1, 0.15) is 5.60 Å². The summed E-state index contributed by atoms with van der Waals surface area (Å²) in [4.78, 5) is 41.8. The predicted octanol–water partition coefficient (Wildman–Crippen LogP) is 1.66. The molecule has 0 bridgehead atoms. The van der Waals surface area contributed by atoms with E-state index in [0.717, 1.165) is 12.8 Å². The molecule has 1 aromatic rings. The van der Waals surface area contributed by atoms with Gasteiger partial charge < -0.3 is 19.4 Å². The first-order valence-electron chi connectivity index (χ1n) is 10.1. The Morgan fingerprint density at radius 2 is 1.79 bits per heavy atom. The van der Waals surface area contributed by atoms with E-state index in [9.17, 15) is 14.4 Å². The Balaban J connectivity index is 1.27. The molecule has 7 heteroatoms. The van der Waals surface area contributed by atoms with Gasteiger partial charge in [-0.2, -0.15) is 0 Å². The van der Waals surface area contributed by atoms with Crippen LogP contribution >= 0.6 is 0 Å². The monoisotopic (exact) mass is 385 g/mol. The Morgan fingerprint density at radius 3 is 2.46 bits per heavy atom. The van der Waals surface area contributed by atoms with E-state index < -0.39 is 5.60 Å². The maximum absolute atomic E-state index is 12.5. The van der Waals surface area contributed by atoms with Crippen molar-refractivity contribution < 1.29 is 19.1 Å². The molecule has 3 aliphatic heterocycles. The van der Waals surface area contributed by atoms with E-state index in [0.29, 0.717) is 52.0 Å². The van der Waals surface area contributed by atoms with Crippen LogP contribution in [-0.2, 0) is 20.7 Å². The molecule has 0 N–H and O–H groups in total. The quantitative estimate of drug-likeness (QED) is 0.773. The van der Waals surface area contributed by atoms with Crippen molar-refractivity contribution in [3.8, 4) is 0 Å². The second-order valence-corrected chi connectivity index (χ2v) is 8.01. The van der Waals surface area contributed by atoms with Crippen molar-refractivity contribution in [1.82, 2.24) is 14.7 Å². The van der Waals surface area contributed by atoms with Gasteiger partial charge in [-0.15, -0.1) is 0 Å². The van der Waals surface area contributed by atoms with Crippen molar-refractivity contribution in [3.05, 3.63) is 35.9 Å². The fraction of sp³-hybridized carbons (Fsp3) is 0.571. The van der Waals surface area contributed by atoms with E-state index in [-0.39, 0.29) is 24.5 Å². The second kappa shape index (κ2) is 7.81. The second-order valence-electron chi connectivity index (χ2n) is 8.01. The SMILES string of the molecule is O=C(CN1CCCC1=O)N1CCC2(CC1)CN(CCc1ccccc1)C(=O)O2. The molecule has 150 valence electrons. The summed E-state index contributed by atoms with van der Waals surface area (Å²) in [5.74, 6) is 0.0657. The molecule has 0 radical (unpaired) electrons. The molecular formula is C21H27N3O4. The predicted molar refractivity (Wildman–Crippen MR) is 103 cm³/mol. The third kappa shape index (κ3) is 3.98. The average molecular weight is 385 g/mol. The van der Waals surface area contributed by atoms with Gasteiger partial charge in [0.25, 0.3) is 0 Å². The molecule has 3 heterocycles. The fourth-order valence-corrected chi connectivity index (χ4v) is 4.33. The van der Waals surface area contributed by atoms with Gasteiger partial charge in [0.05, 0.1) is 13.1 Å². The minimum atomic E-state index is -0.478. The van der Waals surface area contributed by atoms with Gasteiger partial charge in [0, 0.05) is 45.4 Å².